The third kappa shape index (κ3) is 3.60. The van der Waals surface area contributed by atoms with Crippen LogP contribution in [0.5, 0.6) is 0 Å². The molecule has 0 aliphatic carbocycles. The fraction of sp³-hybridized carbons (Fsp3) is 0.400. The summed E-state index contributed by atoms with van der Waals surface area (Å²) in [5, 5.41) is 9.63. The highest BCUT2D eigenvalue weighted by Crippen LogP contribution is 2.26. The lowest BCUT2D eigenvalue weighted by Gasteiger charge is -2.16. The van der Waals surface area contributed by atoms with E-state index in [1.54, 1.807) is 12.1 Å². The topological polar surface area (TPSA) is 101 Å². The van der Waals surface area contributed by atoms with Gasteiger partial charge in [0.25, 0.3) is 0 Å². The summed E-state index contributed by atoms with van der Waals surface area (Å²) in [6, 6.07) is 3.58. The summed E-state index contributed by atoms with van der Waals surface area (Å²) < 4.78 is 50.4. The van der Waals surface area contributed by atoms with Crippen molar-refractivity contribution in [2.24, 2.45) is 0 Å². The molecule has 1 heterocycles. The molecule has 1 aromatic rings. The number of aliphatic hydroxyl groups is 1. The summed E-state index contributed by atoms with van der Waals surface area (Å²) in [6.07, 6.45) is -1.24. The fourth-order valence-electron chi connectivity index (χ4n) is 1.89. The molecular formula is C10H11Br2NO5S2. The van der Waals surface area contributed by atoms with Crippen LogP contribution in [0, 0.1) is 0 Å². The molecule has 0 spiro atoms. The number of hydrogen-bond acceptors (Lipinski definition) is 5. The van der Waals surface area contributed by atoms with Crippen molar-refractivity contribution in [1.82, 2.24) is 4.72 Å². The van der Waals surface area contributed by atoms with E-state index < -0.39 is 43.5 Å². The van der Waals surface area contributed by atoms with Gasteiger partial charge in [0, 0.05) is 8.95 Å². The Hall–Kier alpha value is -0.000000000000000187. The van der Waals surface area contributed by atoms with Gasteiger partial charge in [-0.15, -0.1) is 0 Å². The van der Waals surface area contributed by atoms with E-state index in [1.807, 2.05) is 0 Å². The average molecular weight is 449 g/mol. The van der Waals surface area contributed by atoms with Crippen molar-refractivity contribution >= 4 is 51.7 Å². The maximum atomic E-state index is 12.2. The van der Waals surface area contributed by atoms with Crippen LogP contribution in [0.25, 0.3) is 0 Å². The Morgan fingerprint density at radius 1 is 1.25 bits per heavy atom. The van der Waals surface area contributed by atoms with Gasteiger partial charge in [0.15, 0.2) is 9.84 Å². The van der Waals surface area contributed by atoms with Crippen molar-refractivity contribution in [3.63, 3.8) is 0 Å². The number of benzene rings is 1. The molecule has 1 fully saturated rings. The molecule has 112 valence electrons. The lowest BCUT2D eigenvalue weighted by molar-refractivity contribution is 0.176. The number of aliphatic hydroxyl groups excluding tert-OH is 1. The lowest BCUT2D eigenvalue weighted by Crippen LogP contribution is -2.42. The van der Waals surface area contributed by atoms with Gasteiger partial charge in [-0.25, -0.2) is 21.6 Å². The second-order valence-corrected chi connectivity index (χ2v) is 10.1. The van der Waals surface area contributed by atoms with E-state index in [0.717, 1.165) is 0 Å². The van der Waals surface area contributed by atoms with Gasteiger partial charge in [0.2, 0.25) is 10.0 Å². The number of halogens is 2. The number of sulfone groups is 1. The van der Waals surface area contributed by atoms with Crippen LogP contribution in [0.3, 0.4) is 0 Å². The Kier molecular flexibility index (Phi) is 4.63. The monoisotopic (exact) mass is 447 g/mol. The summed E-state index contributed by atoms with van der Waals surface area (Å²) in [5.41, 5.74) is 0. The highest BCUT2D eigenvalue weighted by atomic mass is 79.9. The minimum atomic E-state index is -3.93. The van der Waals surface area contributed by atoms with Crippen LogP contribution in [0.4, 0.5) is 0 Å². The van der Waals surface area contributed by atoms with Crippen molar-refractivity contribution in [3.8, 4) is 0 Å². The first-order valence-corrected chi connectivity index (χ1v) is 10.4. The van der Waals surface area contributed by atoms with E-state index in [9.17, 15) is 21.9 Å². The quantitative estimate of drug-likeness (QED) is 0.706. The summed E-state index contributed by atoms with van der Waals surface area (Å²) in [6.45, 7) is 0. The number of hydrogen-bond donors (Lipinski definition) is 2. The molecule has 2 rings (SSSR count). The smallest absolute Gasteiger partial charge is 0.242 e. The lowest BCUT2D eigenvalue weighted by atomic mass is 10.2. The molecule has 10 heteroatoms. The molecule has 2 atom stereocenters. The molecular weight excluding hydrogens is 438 g/mol. The standard InChI is InChI=1S/C10H11Br2NO5S2/c11-6-1-2-7(12)10(3-6)20(17,18)13-8-4-19(15,16)5-9(8)14/h1-3,8-9,13-14H,4-5H2/t8-,9-/m0/s1. The van der Waals surface area contributed by atoms with Crippen LogP contribution in [0.1, 0.15) is 0 Å². The Balaban J connectivity index is 2.31. The van der Waals surface area contributed by atoms with Gasteiger partial charge in [-0.2, -0.15) is 0 Å². The maximum absolute atomic E-state index is 12.2. The fourth-order valence-corrected chi connectivity index (χ4v) is 6.51. The largest absolute Gasteiger partial charge is 0.390 e. The van der Waals surface area contributed by atoms with Crippen LogP contribution >= 0.6 is 31.9 Å². The van der Waals surface area contributed by atoms with E-state index >= 15 is 0 Å². The molecule has 1 aliphatic rings. The second kappa shape index (κ2) is 5.65. The van der Waals surface area contributed by atoms with Gasteiger partial charge in [-0.05, 0) is 34.1 Å². The van der Waals surface area contributed by atoms with Gasteiger partial charge < -0.3 is 5.11 Å². The van der Waals surface area contributed by atoms with E-state index in [-0.39, 0.29) is 4.90 Å². The molecule has 0 aromatic heterocycles. The third-order valence-corrected chi connectivity index (χ3v) is 7.51. The molecule has 0 unspecified atom stereocenters. The van der Waals surface area contributed by atoms with Gasteiger partial charge in [-0.1, -0.05) is 15.9 Å². The van der Waals surface area contributed by atoms with E-state index in [0.29, 0.717) is 8.95 Å². The highest BCUT2D eigenvalue weighted by Gasteiger charge is 2.39. The van der Waals surface area contributed by atoms with E-state index in [4.69, 9.17) is 0 Å². The summed E-state index contributed by atoms with van der Waals surface area (Å²) >= 11 is 6.31. The highest BCUT2D eigenvalue weighted by molar-refractivity contribution is 9.11. The third-order valence-electron chi connectivity index (χ3n) is 2.81. The molecule has 20 heavy (non-hydrogen) atoms. The predicted octanol–water partition coefficient (Wildman–Crippen LogP) is 0.648. The van der Waals surface area contributed by atoms with Gasteiger partial charge in [0.1, 0.15) is 0 Å². The SMILES string of the molecule is O=S1(=O)C[C@H](NS(=O)(=O)c2cc(Br)ccc2Br)[C@@H](O)C1. The van der Waals surface area contributed by atoms with Crippen LogP contribution in [0.2, 0.25) is 0 Å². The van der Waals surface area contributed by atoms with Gasteiger partial charge in [0.05, 0.1) is 28.5 Å². The first-order chi connectivity index (χ1) is 9.11. The van der Waals surface area contributed by atoms with Crippen LogP contribution in [-0.4, -0.2) is 45.6 Å². The first-order valence-electron chi connectivity index (χ1n) is 5.46. The zero-order chi connectivity index (χ0) is 15.1. The van der Waals surface area contributed by atoms with Crippen molar-refractivity contribution in [2.45, 2.75) is 17.0 Å². The van der Waals surface area contributed by atoms with Crippen LogP contribution in [0.15, 0.2) is 32.0 Å². The van der Waals surface area contributed by atoms with Crippen molar-refractivity contribution in [3.05, 3.63) is 27.1 Å². The Labute approximate surface area is 133 Å². The zero-order valence-electron chi connectivity index (χ0n) is 9.95. The molecule has 0 radical (unpaired) electrons. The molecule has 0 amide bonds. The van der Waals surface area contributed by atoms with Crippen molar-refractivity contribution in [1.29, 1.82) is 0 Å². The molecule has 1 aromatic carbocycles. The van der Waals surface area contributed by atoms with Crippen molar-refractivity contribution < 1.29 is 21.9 Å². The number of nitrogens with one attached hydrogen (secondary N) is 1. The van der Waals surface area contributed by atoms with E-state index in [1.165, 1.54) is 6.07 Å². The molecule has 6 nitrogen and oxygen atoms in total. The summed E-state index contributed by atoms with van der Waals surface area (Å²) in [5.74, 6) is -0.834. The molecule has 2 N–H and O–H groups in total. The molecule has 1 aliphatic heterocycles. The Morgan fingerprint density at radius 3 is 2.45 bits per heavy atom. The van der Waals surface area contributed by atoms with Crippen molar-refractivity contribution in [2.75, 3.05) is 11.5 Å². The number of sulfonamides is 1. The maximum Gasteiger partial charge on any atom is 0.242 e. The van der Waals surface area contributed by atoms with Crippen LogP contribution < -0.4 is 4.72 Å². The molecule has 0 bridgehead atoms. The minimum absolute atomic E-state index is 0.0247. The number of rotatable bonds is 3. The summed E-state index contributed by atoms with van der Waals surface area (Å²) in [4.78, 5) is -0.0247. The first kappa shape index (κ1) is 16.4. The predicted molar refractivity (Wildman–Crippen MR) is 80.6 cm³/mol. The van der Waals surface area contributed by atoms with Gasteiger partial charge >= 0.3 is 0 Å². The normalized spacial score (nSPS) is 25.8. The summed E-state index contributed by atoms with van der Waals surface area (Å²) in [7, 11) is -7.35. The van der Waals surface area contributed by atoms with Gasteiger partial charge in [-0.3, -0.25) is 0 Å². The zero-order valence-corrected chi connectivity index (χ0v) is 14.8. The minimum Gasteiger partial charge on any atom is -0.390 e. The Morgan fingerprint density at radius 2 is 1.90 bits per heavy atom. The molecule has 0 saturated carbocycles. The second-order valence-electron chi connectivity index (χ2n) is 4.45. The van der Waals surface area contributed by atoms with E-state index in [2.05, 4.69) is 36.6 Å². The van der Waals surface area contributed by atoms with Crippen LogP contribution in [-0.2, 0) is 19.9 Å². The average Bonchev–Trinajstić information content (AvgIpc) is 2.54. The Bertz CT molecular complexity index is 732. The molecule has 1 saturated heterocycles.